The van der Waals surface area contributed by atoms with Crippen LogP contribution in [0.25, 0.3) is 0 Å². The quantitative estimate of drug-likeness (QED) is 0.794. The van der Waals surface area contributed by atoms with E-state index in [0.717, 1.165) is 24.4 Å². The summed E-state index contributed by atoms with van der Waals surface area (Å²) in [6, 6.07) is 2.08. The van der Waals surface area contributed by atoms with Crippen molar-refractivity contribution in [1.29, 1.82) is 0 Å². The summed E-state index contributed by atoms with van der Waals surface area (Å²) in [6.45, 7) is 16.5. The zero-order valence-corrected chi connectivity index (χ0v) is 12.7. The van der Waals surface area contributed by atoms with Crippen molar-refractivity contribution in [3.8, 4) is 0 Å². The predicted octanol–water partition coefficient (Wildman–Crippen LogP) is 3.13. The molecule has 1 aliphatic heterocycles. The first-order valence-electron chi connectivity index (χ1n) is 7.44. The van der Waals surface area contributed by atoms with Gasteiger partial charge in [0.15, 0.2) is 0 Å². The Morgan fingerprint density at radius 2 is 1.88 bits per heavy atom. The summed E-state index contributed by atoms with van der Waals surface area (Å²) >= 11 is 0. The normalized spacial score (nSPS) is 30.5. The van der Waals surface area contributed by atoms with Crippen molar-refractivity contribution < 1.29 is 0 Å². The summed E-state index contributed by atoms with van der Waals surface area (Å²) in [5.74, 6) is 1.59. The van der Waals surface area contributed by atoms with Gasteiger partial charge in [-0.05, 0) is 32.1 Å². The number of hydrogen-bond acceptors (Lipinski definition) is 2. The van der Waals surface area contributed by atoms with Crippen molar-refractivity contribution >= 4 is 0 Å². The van der Waals surface area contributed by atoms with E-state index in [4.69, 9.17) is 0 Å². The van der Waals surface area contributed by atoms with Crippen LogP contribution in [-0.4, -0.2) is 36.1 Å². The van der Waals surface area contributed by atoms with E-state index in [1.807, 2.05) is 0 Å². The molecule has 4 unspecified atom stereocenters. The van der Waals surface area contributed by atoms with Gasteiger partial charge in [-0.3, -0.25) is 4.90 Å². The van der Waals surface area contributed by atoms with Crippen LogP contribution in [0.15, 0.2) is 0 Å². The van der Waals surface area contributed by atoms with Gasteiger partial charge in [0.25, 0.3) is 0 Å². The maximum atomic E-state index is 3.62. The summed E-state index contributed by atoms with van der Waals surface area (Å²) < 4.78 is 0. The molecule has 2 nitrogen and oxygen atoms in total. The molecule has 0 aromatic rings. The Kier molecular flexibility index (Phi) is 5.94. The first-order chi connectivity index (χ1) is 7.95. The fourth-order valence-electron chi connectivity index (χ4n) is 2.97. The molecule has 0 aromatic carbocycles. The van der Waals surface area contributed by atoms with Gasteiger partial charge in [0.2, 0.25) is 0 Å². The Balaban J connectivity index is 2.61. The number of rotatable bonds is 5. The molecule has 1 N–H and O–H groups in total. The van der Waals surface area contributed by atoms with Crippen LogP contribution in [0.3, 0.4) is 0 Å². The van der Waals surface area contributed by atoms with Crippen molar-refractivity contribution in [3.63, 3.8) is 0 Å². The number of hydrogen-bond donors (Lipinski definition) is 1. The molecular weight excluding hydrogens is 208 g/mol. The molecular formula is C15H32N2. The summed E-state index contributed by atoms with van der Waals surface area (Å²) in [5, 5.41) is 3.62. The standard InChI is InChI=1S/C15H32N2/c1-7-12(4)8-14(6)17-10-13(5)16-9-15(17)11(2)3/h11-16H,7-10H2,1-6H3. The van der Waals surface area contributed by atoms with Crippen molar-refractivity contribution in [2.45, 2.75) is 72.5 Å². The molecule has 4 atom stereocenters. The minimum absolute atomic E-state index is 0.643. The van der Waals surface area contributed by atoms with Gasteiger partial charge in [-0.15, -0.1) is 0 Å². The minimum atomic E-state index is 0.643. The molecule has 0 aliphatic carbocycles. The van der Waals surface area contributed by atoms with Gasteiger partial charge >= 0.3 is 0 Å². The van der Waals surface area contributed by atoms with E-state index in [-0.39, 0.29) is 0 Å². The van der Waals surface area contributed by atoms with Crippen LogP contribution in [0.1, 0.15) is 54.4 Å². The van der Waals surface area contributed by atoms with Crippen molar-refractivity contribution in [1.82, 2.24) is 10.2 Å². The largest absolute Gasteiger partial charge is 0.311 e. The van der Waals surface area contributed by atoms with Gasteiger partial charge in [-0.2, -0.15) is 0 Å². The van der Waals surface area contributed by atoms with Gasteiger partial charge in [0.1, 0.15) is 0 Å². The number of piperazine rings is 1. The Morgan fingerprint density at radius 1 is 1.24 bits per heavy atom. The van der Waals surface area contributed by atoms with Crippen LogP contribution in [0.4, 0.5) is 0 Å². The second-order valence-corrected chi connectivity index (χ2v) is 6.42. The highest BCUT2D eigenvalue weighted by Gasteiger charge is 2.31. The van der Waals surface area contributed by atoms with Gasteiger partial charge in [0.05, 0.1) is 0 Å². The zero-order valence-electron chi connectivity index (χ0n) is 12.7. The Hall–Kier alpha value is -0.0800. The zero-order chi connectivity index (χ0) is 13.0. The summed E-state index contributed by atoms with van der Waals surface area (Å²) in [6.07, 6.45) is 2.64. The van der Waals surface area contributed by atoms with Crippen LogP contribution in [-0.2, 0) is 0 Å². The smallest absolute Gasteiger partial charge is 0.0247 e. The lowest BCUT2D eigenvalue weighted by atomic mass is 9.93. The topological polar surface area (TPSA) is 15.3 Å². The Morgan fingerprint density at radius 3 is 2.41 bits per heavy atom. The van der Waals surface area contributed by atoms with Crippen molar-refractivity contribution in [2.75, 3.05) is 13.1 Å². The molecule has 0 amide bonds. The van der Waals surface area contributed by atoms with Crippen molar-refractivity contribution in [2.24, 2.45) is 11.8 Å². The lowest BCUT2D eigenvalue weighted by Crippen LogP contribution is -2.59. The lowest BCUT2D eigenvalue weighted by molar-refractivity contribution is 0.0561. The lowest BCUT2D eigenvalue weighted by Gasteiger charge is -2.45. The molecule has 0 spiro atoms. The first-order valence-corrected chi connectivity index (χ1v) is 7.44. The Bertz CT molecular complexity index is 215. The van der Waals surface area contributed by atoms with Crippen LogP contribution in [0, 0.1) is 11.8 Å². The Labute approximate surface area is 108 Å². The van der Waals surface area contributed by atoms with E-state index >= 15 is 0 Å². The van der Waals surface area contributed by atoms with E-state index in [1.165, 1.54) is 19.4 Å². The molecule has 102 valence electrons. The average molecular weight is 240 g/mol. The number of nitrogens with one attached hydrogen (secondary N) is 1. The second-order valence-electron chi connectivity index (χ2n) is 6.42. The van der Waals surface area contributed by atoms with Gasteiger partial charge in [-0.1, -0.05) is 34.1 Å². The highest BCUT2D eigenvalue weighted by molar-refractivity contribution is 4.89. The van der Waals surface area contributed by atoms with E-state index < -0.39 is 0 Å². The molecule has 1 heterocycles. The summed E-state index contributed by atoms with van der Waals surface area (Å²) in [5.41, 5.74) is 0. The SMILES string of the molecule is CCC(C)CC(C)N1CC(C)NCC1C(C)C. The van der Waals surface area contributed by atoms with E-state index in [1.54, 1.807) is 0 Å². The second kappa shape index (κ2) is 6.75. The maximum absolute atomic E-state index is 3.62. The molecule has 0 radical (unpaired) electrons. The molecule has 1 aliphatic rings. The number of nitrogens with zero attached hydrogens (tertiary/aromatic N) is 1. The third-order valence-electron chi connectivity index (χ3n) is 4.36. The van der Waals surface area contributed by atoms with Crippen molar-refractivity contribution in [3.05, 3.63) is 0 Å². The molecule has 0 aromatic heterocycles. The minimum Gasteiger partial charge on any atom is -0.311 e. The summed E-state index contributed by atoms with van der Waals surface area (Å²) in [4.78, 5) is 2.75. The fourth-order valence-corrected chi connectivity index (χ4v) is 2.97. The first kappa shape index (κ1) is 15.0. The third kappa shape index (κ3) is 4.26. The highest BCUT2D eigenvalue weighted by Crippen LogP contribution is 2.22. The van der Waals surface area contributed by atoms with Gasteiger partial charge in [0, 0.05) is 31.2 Å². The van der Waals surface area contributed by atoms with E-state index in [2.05, 4.69) is 51.8 Å². The molecule has 1 rings (SSSR count). The van der Waals surface area contributed by atoms with Crippen LogP contribution >= 0.6 is 0 Å². The van der Waals surface area contributed by atoms with Crippen LogP contribution in [0.5, 0.6) is 0 Å². The third-order valence-corrected chi connectivity index (χ3v) is 4.36. The molecule has 0 saturated carbocycles. The predicted molar refractivity (Wildman–Crippen MR) is 76.3 cm³/mol. The van der Waals surface area contributed by atoms with E-state index in [9.17, 15) is 0 Å². The fraction of sp³-hybridized carbons (Fsp3) is 1.00. The molecule has 0 bridgehead atoms. The molecule has 1 fully saturated rings. The average Bonchev–Trinajstić information content (AvgIpc) is 2.28. The van der Waals surface area contributed by atoms with Crippen LogP contribution in [0.2, 0.25) is 0 Å². The highest BCUT2D eigenvalue weighted by atomic mass is 15.3. The molecule has 1 saturated heterocycles. The monoisotopic (exact) mass is 240 g/mol. The maximum Gasteiger partial charge on any atom is 0.0247 e. The van der Waals surface area contributed by atoms with Crippen LogP contribution < -0.4 is 5.32 Å². The van der Waals surface area contributed by atoms with Gasteiger partial charge in [-0.25, -0.2) is 0 Å². The van der Waals surface area contributed by atoms with E-state index in [0.29, 0.717) is 12.1 Å². The molecule has 17 heavy (non-hydrogen) atoms. The molecule has 2 heteroatoms. The van der Waals surface area contributed by atoms with Gasteiger partial charge < -0.3 is 5.32 Å². The summed E-state index contributed by atoms with van der Waals surface area (Å²) in [7, 11) is 0.